The normalized spacial score (nSPS) is 11.8. The Hall–Kier alpha value is -2.26. The molecule has 0 saturated carbocycles. The molecule has 3 rings (SSSR count). The first-order valence-electron chi connectivity index (χ1n) is 5.77. The third-order valence-corrected chi connectivity index (χ3v) is 5.83. The van der Waals surface area contributed by atoms with Crippen molar-refractivity contribution in [2.45, 2.75) is 10.1 Å². The van der Waals surface area contributed by atoms with Gasteiger partial charge >= 0.3 is 5.88 Å². The summed E-state index contributed by atoms with van der Waals surface area (Å²) in [5.74, 6) is -0.925. The van der Waals surface area contributed by atoms with Gasteiger partial charge in [-0.1, -0.05) is 12.1 Å². The maximum absolute atomic E-state index is 12.3. The van der Waals surface area contributed by atoms with Gasteiger partial charge in [0, 0.05) is 0 Å². The topological polar surface area (TPSA) is 103 Å². The van der Waals surface area contributed by atoms with E-state index >= 15 is 0 Å². The lowest BCUT2D eigenvalue weighted by molar-refractivity contribution is -0.402. The van der Waals surface area contributed by atoms with Gasteiger partial charge in [-0.05, 0) is 18.2 Å². The van der Waals surface area contributed by atoms with Gasteiger partial charge in [0.15, 0.2) is 0 Å². The second-order valence-corrected chi connectivity index (χ2v) is 7.40. The van der Waals surface area contributed by atoms with Gasteiger partial charge < -0.3 is 4.42 Å². The Bertz CT molecular complexity index is 893. The molecule has 0 aliphatic heterocycles. The minimum Gasteiger partial charge on any atom is -0.405 e. The minimum absolute atomic E-state index is 0.0148. The lowest BCUT2D eigenvalue weighted by Crippen LogP contribution is -2.03. The summed E-state index contributed by atoms with van der Waals surface area (Å²) >= 11 is 1.06. The van der Waals surface area contributed by atoms with Crippen molar-refractivity contribution >= 4 is 37.3 Å². The van der Waals surface area contributed by atoms with Crippen LogP contribution < -0.4 is 0 Å². The van der Waals surface area contributed by atoms with E-state index in [4.69, 9.17) is 4.42 Å². The molecule has 9 heteroatoms. The van der Waals surface area contributed by atoms with Crippen LogP contribution in [0.4, 0.5) is 5.88 Å². The predicted molar refractivity (Wildman–Crippen MR) is 75.9 cm³/mol. The minimum atomic E-state index is -3.70. The van der Waals surface area contributed by atoms with Crippen LogP contribution in [-0.4, -0.2) is 18.3 Å². The summed E-state index contributed by atoms with van der Waals surface area (Å²) in [6.45, 7) is 0. The average Bonchev–Trinajstić information content (AvgIpc) is 3.04. The molecule has 1 aromatic carbocycles. The summed E-state index contributed by atoms with van der Waals surface area (Å²) < 4.78 is 30.2. The number of thiazole rings is 1. The van der Waals surface area contributed by atoms with E-state index in [0.717, 1.165) is 22.1 Å². The molecule has 0 fully saturated rings. The fourth-order valence-corrected chi connectivity index (χ4v) is 4.32. The molecule has 0 saturated heterocycles. The highest BCUT2D eigenvalue weighted by Gasteiger charge is 2.23. The number of hydrogen-bond donors (Lipinski definition) is 0. The molecule has 2 heterocycles. The average molecular weight is 324 g/mol. The number of benzene rings is 1. The highest BCUT2D eigenvalue weighted by atomic mass is 32.2. The van der Waals surface area contributed by atoms with E-state index < -0.39 is 26.4 Å². The van der Waals surface area contributed by atoms with E-state index in [1.807, 2.05) is 0 Å². The number of fused-ring (bicyclic) bond motifs is 1. The molecule has 0 bridgehead atoms. The van der Waals surface area contributed by atoms with Crippen molar-refractivity contribution < 1.29 is 17.8 Å². The largest absolute Gasteiger partial charge is 0.433 e. The first kappa shape index (κ1) is 13.7. The molecule has 0 unspecified atom stereocenters. The van der Waals surface area contributed by atoms with Crippen molar-refractivity contribution in [3.63, 3.8) is 0 Å². The van der Waals surface area contributed by atoms with Crippen molar-refractivity contribution in [3.8, 4) is 0 Å². The molecule has 0 atom stereocenters. The van der Waals surface area contributed by atoms with Crippen LogP contribution in [-0.2, 0) is 15.6 Å². The third-order valence-electron chi connectivity index (χ3n) is 2.70. The number of furan rings is 1. The molecule has 2 aromatic heterocycles. The van der Waals surface area contributed by atoms with Crippen molar-refractivity contribution in [1.29, 1.82) is 0 Å². The first-order chi connectivity index (χ1) is 9.95. The summed E-state index contributed by atoms with van der Waals surface area (Å²) in [7, 11) is -3.70. The fourth-order valence-electron chi connectivity index (χ4n) is 1.78. The number of hydrogen-bond acceptors (Lipinski definition) is 7. The highest BCUT2D eigenvalue weighted by Crippen LogP contribution is 2.28. The molecule has 0 aliphatic rings. The van der Waals surface area contributed by atoms with Crippen LogP contribution in [0.3, 0.4) is 0 Å². The molecule has 21 heavy (non-hydrogen) atoms. The summed E-state index contributed by atoms with van der Waals surface area (Å²) in [6.07, 6.45) is 0. The van der Waals surface area contributed by atoms with Crippen LogP contribution in [0.2, 0.25) is 0 Å². The molecule has 7 nitrogen and oxygen atoms in total. The van der Waals surface area contributed by atoms with Gasteiger partial charge in [0.05, 0.1) is 16.3 Å². The van der Waals surface area contributed by atoms with Gasteiger partial charge in [-0.25, -0.2) is 13.4 Å². The van der Waals surface area contributed by atoms with Crippen LogP contribution in [0, 0.1) is 10.1 Å². The zero-order valence-electron chi connectivity index (χ0n) is 10.4. The zero-order valence-corrected chi connectivity index (χ0v) is 12.1. The molecular weight excluding hydrogens is 316 g/mol. The number of rotatable bonds is 4. The van der Waals surface area contributed by atoms with Gasteiger partial charge in [0.1, 0.15) is 16.4 Å². The first-order valence-corrected chi connectivity index (χ1v) is 8.24. The van der Waals surface area contributed by atoms with E-state index in [1.165, 1.54) is 6.07 Å². The molecule has 0 N–H and O–H groups in total. The number of nitro groups is 1. The maximum atomic E-state index is 12.3. The van der Waals surface area contributed by atoms with Gasteiger partial charge in [0.25, 0.3) is 0 Å². The van der Waals surface area contributed by atoms with Gasteiger partial charge in [-0.15, -0.1) is 11.3 Å². The summed E-state index contributed by atoms with van der Waals surface area (Å²) in [4.78, 5) is 13.9. The van der Waals surface area contributed by atoms with E-state index in [0.29, 0.717) is 5.52 Å². The standard InChI is InChI=1S/C12H8N2O5S2/c15-14(16)11-6-5-8(19-11)7-21(17,18)12-13-9-3-1-2-4-10(9)20-12/h1-6H,7H2. The second-order valence-electron chi connectivity index (χ2n) is 4.20. The number of sulfone groups is 1. The molecule has 0 amide bonds. The van der Waals surface area contributed by atoms with Crippen molar-refractivity contribution in [3.05, 3.63) is 52.3 Å². The van der Waals surface area contributed by atoms with Crippen molar-refractivity contribution in [1.82, 2.24) is 4.98 Å². The Labute approximate surface area is 122 Å². The zero-order chi connectivity index (χ0) is 15.0. The van der Waals surface area contributed by atoms with Crippen molar-refractivity contribution in [2.75, 3.05) is 0 Å². The van der Waals surface area contributed by atoms with Gasteiger partial charge in [-0.2, -0.15) is 0 Å². The molecule has 0 aliphatic carbocycles. The Balaban J connectivity index is 1.94. The smallest absolute Gasteiger partial charge is 0.405 e. The molecule has 0 spiro atoms. The van der Waals surface area contributed by atoms with E-state index in [9.17, 15) is 18.5 Å². The second kappa shape index (κ2) is 4.93. The Morgan fingerprint density at radius 1 is 1.24 bits per heavy atom. The lowest BCUT2D eigenvalue weighted by Gasteiger charge is -1.96. The Morgan fingerprint density at radius 2 is 2.00 bits per heavy atom. The Morgan fingerprint density at radius 3 is 2.67 bits per heavy atom. The monoisotopic (exact) mass is 324 g/mol. The third kappa shape index (κ3) is 2.65. The predicted octanol–water partition coefficient (Wildman–Crippen LogP) is 2.77. The van der Waals surface area contributed by atoms with Crippen LogP contribution in [0.25, 0.3) is 10.2 Å². The lowest BCUT2D eigenvalue weighted by atomic mass is 10.3. The summed E-state index contributed by atoms with van der Waals surface area (Å²) in [5, 5.41) is 10.5. The molecule has 108 valence electrons. The quantitative estimate of drug-likeness (QED) is 0.540. The van der Waals surface area contributed by atoms with Gasteiger partial charge in [-0.3, -0.25) is 10.1 Å². The molecule has 3 aromatic rings. The number of nitrogens with zero attached hydrogens (tertiary/aromatic N) is 2. The van der Waals surface area contributed by atoms with Gasteiger partial charge in [0.2, 0.25) is 14.2 Å². The van der Waals surface area contributed by atoms with E-state index in [1.54, 1.807) is 24.3 Å². The fraction of sp³-hybridized carbons (Fsp3) is 0.0833. The van der Waals surface area contributed by atoms with E-state index in [-0.39, 0.29) is 10.1 Å². The highest BCUT2D eigenvalue weighted by molar-refractivity contribution is 7.92. The molecular formula is C12H8N2O5S2. The van der Waals surface area contributed by atoms with E-state index in [2.05, 4.69) is 4.98 Å². The molecule has 0 radical (unpaired) electrons. The van der Waals surface area contributed by atoms with Crippen LogP contribution >= 0.6 is 11.3 Å². The maximum Gasteiger partial charge on any atom is 0.433 e. The van der Waals surface area contributed by atoms with Crippen LogP contribution in [0.1, 0.15) is 5.76 Å². The number of para-hydroxylation sites is 1. The van der Waals surface area contributed by atoms with Crippen LogP contribution in [0.5, 0.6) is 0 Å². The van der Waals surface area contributed by atoms with Crippen LogP contribution in [0.15, 0.2) is 45.2 Å². The summed E-state index contributed by atoms with van der Waals surface area (Å²) in [6, 6.07) is 9.49. The summed E-state index contributed by atoms with van der Waals surface area (Å²) in [5.41, 5.74) is 0.603. The van der Waals surface area contributed by atoms with Crippen molar-refractivity contribution in [2.24, 2.45) is 0 Å². The SMILES string of the molecule is O=[N+]([O-])c1ccc(CS(=O)(=O)c2nc3ccccc3s2)o1. The number of aromatic nitrogens is 1. The Kier molecular flexibility index (Phi) is 3.22.